The highest BCUT2D eigenvalue weighted by Gasteiger charge is 2.23. The molecule has 1 saturated heterocycles. The Hall–Kier alpha value is -1.13. The van der Waals surface area contributed by atoms with Crippen molar-refractivity contribution in [3.05, 3.63) is 29.6 Å². The molecular formula is C14H20FNO2. The van der Waals surface area contributed by atoms with Gasteiger partial charge in [-0.1, -0.05) is 12.5 Å². The standard InChI is InChI=1S/C14H20FNO2/c1-18-13-7-4-6-11(15)14(13)12(17)9-10-5-2-3-8-16-10/h4,6-7,10,12,16-17H,2-3,5,8-9H2,1H3. The molecular weight excluding hydrogens is 233 g/mol. The fourth-order valence-corrected chi connectivity index (χ4v) is 2.53. The van der Waals surface area contributed by atoms with Crippen molar-refractivity contribution in [1.29, 1.82) is 0 Å². The average molecular weight is 253 g/mol. The Balaban J connectivity index is 2.09. The maximum atomic E-state index is 13.8. The van der Waals surface area contributed by atoms with E-state index in [2.05, 4.69) is 5.32 Å². The van der Waals surface area contributed by atoms with Gasteiger partial charge in [-0.25, -0.2) is 4.39 Å². The van der Waals surface area contributed by atoms with Gasteiger partial charge in [-0.3, -0.25) is 0 Å². The van der Waals surface area contributed by atoms with Crippen molar-refractivity contribution in [2.75, 3.05) is 13.7 Å². The second-order valence-corrected chi connectivity index (χ2v) is 4.75. The van der Waals surface area contributed by atoms with Crippen LogP contribution in [0.5, 0.6) is 5.75 Å². The van der Waals surface area contributed by atoms with Gasteiger partial charge in [-0.05, 0) is 37.9 Å². The third kappa shape index (κ3) is 3.00. The molecule has 1 fully saturated rings. The molecule has 4 heteroatoms. The number of ether oxygens (including phenoxy) is 1. The third-order valence-corrected chi connectivity index (χ3v) is 3.49. The first-order valence-corrected chi connectivity index (χ1v) is 6.46. The number of aliphatic hydroxyl groups excluding tert-OH is 1. The number of methoxy groups -OCH3 is 1. The highest BCUT2D eigenvalue weighted by atomic mass is 19.1. The molecule has 1 aliphatic heterocycles. The number of benzene rings is 1. The van der Waals surface area contributed by atoms with Crippen LogP contribution in [0.4, 0.5) is 4.39 Å². The van der Waals surface area contributed by atoms with Crippen LogP contribution in [-0.4, -0.2) is 24.8 Å². The lowest BCUT2D eigenvalue weighted by Crippen LogP contribution is -2.35. The van der Waals surface area contributed by atoms with Gasteiger partial charge in [0.25, 0.3) is 0 Å². The van der Waals surface area contributed by atoms with Gasteiger partial charge in [0.2, 0.25) is 0 Å². The molecule has 0 aliphatic carbocycles. The van der Waals surface area contributed by atoms with Crippen LogP contribution in [-0.2, 0) is 0 Å². The molecule has 2 N–H and O–H groups in total. The van der Waals surface area contributed by atoms with Crippen LogP contribution in [0.1, 0.15) is 37.4 Å². The molecule has 0 radical (unpaired) electrons. The number of piperidine rings is 1. The van der Waals surface area contributed by atoms with Gasteiger partial charge in [0, 0.05) is 6.04 Å². The van der Waals surface area contributed by atoms with E-state index < -0.39 is 11.9 Å². The molecule has 0 aromatic heterocycles. The summed E-state index contributed by atoms with van der Waals surface area (Å²) < 4.78 is 18.9. The second-order valence-electron chi connectivity index (χ2n) is 4.75. The monoisotopic (exact) mass is 253 g/mol. The normalized spacial score (nSPS) is 21.6. The van der Waals surface area contributed by atoms with E-state index in [1.807, 2.05) is 0 Å². The molecule has 0 amide bonds. The molecule has 0 spiro atoms. The lowest BCUT2D eigenvalue weighted by Gasteiger charge is -2.26. The second kappa shape index (κ2) is 6.16. The first kappa shape index (κ1) is 13.3. The van der Waals surface area contributed by atoms with Crippen LogP contribution < -0.4 is 10.1 Å². The number of halogens is 1. The quantitative estimate of drug-likeness (QED) is 0.865. The predicted molar refractivity (Wildman–Crippen MR) is 68.2 cm³/mol. The van der Waals surface area contributed by atoms with E-state index in [-0.39, 0.29) is 11.6 Å². The van der Waals surface area contributed by atoms with Crippen LogP contribution in [0.2, 0.25) is 0 Å². The van der Waals surface area contributed by atoms with E-state index in [0.717, 1.165) is 13.0 Å². The molecule has 1 aliphatic rings. The Morgan fingerprint density at radius 1 is 1.50 bits per heavy atom. The fourth-order valence-electron chi connectivity index (χ4n) is 2.53. The van der Waals surface area contributed by atoms with Crippen LogP contribution in [0, 0.1) is 5.82 Å². The zero-order valence-corrected chi connectivity index (χ0v) is 10.7. The summed E-state index contributed by atoms with van der Waals surface area (Å²) in [7, 11) is 1.49. The third-order valence-electron chi connectivity index (χ3n) is 3.49. The van der Waals surface area contributed by atoms with Crippen molar-refractivity contribution in [2.24, 2.45) is 0 Å². The van der Waals surface area contributed by atoms with Crippen LogP contribution in [0.3, 0.4) is 0 Å². The molecule has 2 atom stereocenters. The number of rotatable bonds is 4. The Morgan fingerprint density at radius 2 is 2.33 bits per heavy atom. The zero-order chi connectivity index (χ0) is 13.0. The summed E-state index contributed by atoms with van der Waals surface area (Å²) in [5.74, 6) is 0.0102. The van der Waals surface area contributed by atoms with Crippen molar-refractivity contribution < 1.29 is 14.2 Å². The fraction of sp³-hybridized carbons (Fsp3) is 0.571. The number of aliphatic hydroxyl groups is 1. The van der Waals surface area contributed by atoms with E-state index in [9.17, 15) is 9.50 Å². The summed E-state index contributed by atoms with van der Waals surface area (Å²) in [6, 6.07) is 4.88. The molecule has 0 bridgehead atoms. The molecule has 1 aromatic rings. The summed E-state index contributed by atoms with van der Waals surface area (Å²) >= 11 is 0. The minimum atomic E-state index is -0.822. The smallest absolute Gasteiger partial charge is 0.132 e. The number of nitrogens with one attached hydrogen (secondary N) is 1. The molecule has 2 unspecified atom stereocenters. The van der Waals surface area contributed by atoms with E-state index >= 15 is 0 Å². The van der Waals surface area contributed by atoms with Gasteiger partial charge >= 0.3 is 0 Å². The van der Waals surface area contributed by atoms with Crippen LogP contribution in [0.15, 0.2) is 18.2 Å². The largest absolute Gasteiger partial charge is 0.496 e. The number of hydrogen-bond donors (Lipinski definition) is 2. The van der Waals surface area contributed by atoms with E-state index in [4.69, 9.17) is 4.74 Å². The number of hydrogen-bond acceptors (Lipinski definition) is 3. The van der Waals surface area contributed by atoms with Crippen molar-refractivity contribution in [3.63, 3.8) is 0 Å². The maximum Gasteiger partial charge on any atom is 0.132 e. The first-order valence-electron chi connectivity index (χ1n) is 6.46. The Labute approximate surface area is 107 Å². The van der Waals surface area contributed by atoms with Gasteiger partial charge in [-0.2, -0.15) is 0 Å². The topological polar surface area (TPSA) is 41.5 Å². The Bertz CT molecular complexity index is 391. The molecule has 3 nitrogen and oxygen atoms in total. The van der Waals surface area contributed by atoms with Gasteiger partial charge < -0.3 is 15.2 Å². The minimum absolute atomic E-state index is 0.262. The van der Waals surface area contributed by atoms with Gasteiger partial charge in [0.15, 0.2) is 0 Å². The molecule has 1 aromatic carbocycles. The van der Waals surface area contributed by atoms with E-state index in [1.165, 1.54) is 26.0 Å². The Kier molecular flexibility index (Phi) is 4.55. The predicted octanol–water partition coefficient (Wildman–Crippen LogP) is 2.40. The van der Waals surface area contributed by atoms with Crippen molar-refractivity contribution in [2.45, 2.75) is 37.8 Å². The SMILES string of the molecule is COc1cccc(F)c1C(O)CC1CCCCN1. The summed E-state index contributed by atoms with van der Waals surface area (Å²) in [5.41, 5.74) is 0.271. The highest BCUT2D eigenvalue weighted by molar-refractivity contribution is 5.36. The van der Waals surface area contributed by atoms with Crippen LogP contribution >= 0.6 is 0 Å². The van der Waals surface area contributed by atoms with Crippen LogP contribution in [0.25, 0.3) is 0 Å². The molecule has 2 rings (SSSR count). The first-order chi connectivity index (χ1) is 8.72. The molecule has 0 saturated carbocycles. The zero-order valence-electron chi connectivity index (χ0n) is 10.7. The van der Waals surface area contributed by atoms with Crippen molar-refractivity contribution >= 4 is 0 Å². The molecule has 100 valence electrons. The highest BCUT2D eigenvalue weighted by Crippen LogP contribution is 2.31. The van der Waals surface area contributed by atoms with E-state index in [0.29, 0.717) is 12.2 Å². The summed E-state index contributed by atoms with van der Waals surface area (Å²) in [6.45, 7) is 0.978. The van der Waals surface area contributed by atoms with Gasteiger partial charge in [0.05, 0.1) is 18.8 Å². The minimum Gasteiger partial charge on any atom is -0.496 e. The Morgan fingerprint density at radius 3 is 3.00 bits per heavy atom. The maximum absolute atomic E-state index is 13.8. The van der Waals surface area contributed by atoms with Crippen molar-refractivity contribution in [1.82, 2.24) is 5.32 Å². The van der Waals surface area contributed by atoms with Gasteiger partial charge in [0.1, 0.15) is 11.6 Å². The summed E-state index contributed by atoms with van der Waals surface area (Å²) in [5, 5.41) is 13.6. The molecule has 1 heterocycles. The van der Waals surface area contributed by atoms with Crippen molar-refractivity contribution in [3.8, 4) is 5.75 Å². The average Bonchev–Trinajstić information content (AvgIpc) is 2.39. The summed E-state index contributed by atoms with van der Waals surface area (Å²) in [6.07, 6.45) is 3.08. The lowest BCUT2D eigenvalue weighted by atomic mass is 9.95. The summed E-state index contributed by atoms with van der Waals surface area (Å²) in [4.78, 5) is 0. The molecule has 18 heavy (non-hydrogen) atoms. The lowest BCUT2D eigenvalue weighted by molar-refractivity contribution is 0.137. The van der Waals surface area contributed by atoms with Gasteiger partial charge in [-0.15, -0.1) is 0 Å². The van der Waals surface area contributed by atoms with E-state index in [1.54, 1.807) is 12.1 Å².